The van der Waals surface area contributed by atoms with E-state index < -0.39 is 11.9 Å². The zero-order chi connectivity index (χ0) is 22.2. The fraction of sp³-hybridized carbons (Fsp3) is 0.909. The summed E-state index contributed by atoms with van der Waals surface area (Å²) in [4.78, 5) is 25.0. The normalized spacial score (nSPS) is 10.1. The second-order valence-electron chi connectivity index (χ2n) is 6.65. The molecule has 28 heavy (non-hydrogen) atoms. The van der Waals surface area contributed by atoms with E-state index in [1.807, 2.05) is 0 Å². The smallest absolute Gasteiger partial charge is 0.303 e. The zero-order valence-electron chi connectivity index (χ0n) is 19.5. The van der Waals surface area contributed by atoms with Crippen LogP contribution in [0.5, 0.6) is 0 Å². The van der Waals surface area contributed by atoms with Crippen LogP contribution in [0.3, 0.4) is 0 Å². The van der Waals surface area contributed by atoms with Crippen molar-refractivity contribution >= 4 is 11.9 Å². The Morgan fingerprint density at radius 3 is 0.857 bits per heavy atom. The summed E-state index contributed by atoms with van der Waals surface area (Å²) in [6.45, 7) is 20.2. The molecule has 0 heterocycles. The van der Waals surface area contributed by atoms with Crippen LogP contribution in [0.2, 0.25) is 0 Å². The number of carboxylic acids is 2. The van der Waals surface area contributed by atoms with Crippen molar-refractivity contribution in [3.05, 3.63) is 0 Å². The van der Waals surface area contributed by atoms with Gasteiger partial charge in [-0.3, -0.25) is 9.59 Å². The highest BCUT2D eigenvalue weighted by Crippen LogP contribution is 2.08. The first-order valence-electron chi connectivity index (χ1n) is 11.2. The highest BCUT2D eigenvalue weighted by Gasteiger charge is 1.98. The maximum atomic E-state index is 10.1. The number of rotatable bonds is 15. The van der Waals surface area contributed by atoms with Crippen LogP contribution in [0.25, 0.3) is 0 Å². The van der Waals surface area contributed by atoms with Crippen molar-refractivity contribution in [2.45, 2.75) is 92.9 Å². The molecular formula is C22H48N2O4. The Morgan fingerprint density at radius 2 is 0.714 bits per heavy atom. The maximum Gasteiger partial charge on any atom is 0.303 e. The molecule has 0 aliphatic heterocycles. The van der Waals surface area contributed by atoms with Crippen LogP contribution < -0.4 is 0 Å². The first-order chi connectivity index (χ1) is 13.3. The number of carboxylic acid groups (broad SMARTS) is 2. The van der Waals surface area contributed by atoms with Crippen molar-refractivity contribution in [2.24, 2.45) is 0 Å². The number of nitrogens with zero attached hydrogens (tertiary/aromatic N) is 2. The number of hydrogen-bond acceptors (Lipinski definition) is 4. The van der Waals surface area contributed by atoms with Gasteiger partial charge in [0.15, 0.2) is 0 Å². The lowest BCUT2D eigenvalue weighted by Crippen LogP contribution is -2.21. The van der Waals surface area contributed by atoms with Crippen molar-refractivity contribution in [3.63, 3.8) is 0 Å². The van der Waals surface area contributed by atoms with Gasteiger partial charge in [0.2, 0.25) is 0 Å². The summed E-state index contributed by atoms with van der Waals surface area (Å²) in [5.41, 5.74) is 0. The van der Waals surface area contributed by atoms with E-state index in [0.29, 0.717) is 0 Å². The number of unbranched alkanes of at least 4 members (excludes halogenated alkanes) is 5. The van der Waals surface area contributed by atoms with Gasteiger partial charge in [-0.2, -0.15) is 0 Å². The van der Waals surface area contributed by atoms with Gasteiger partial charge in [0.25, 0.3) is 0 Å². The average molecular weight is 405 g/mol. The topological polar surface area (TPSA) is 81.1 Å². The van der Waals surface area contributed by atoms with Crippen LogP contribution in [0.1, 0.15) is 92.9 Å². The van der Waals surface area contributed by atoms with E-state index in [4.69, 9.17) is 10.2 Å². The number of aliphatic carboxylic acids is 2. The molecule has 0 aliphatic rings. The molecule has 6 heteroatoms. The van der Waals surface area contributed by atoms with Gasteiger partial charge < -0.3 is 20.0 Å². The fourth-order valence-corrected chi connectivity index (χ4v) is 2.60. The van der Waals surface area contributed by atoms with Gasteiger partial charge in [0.1, 0.15) is 0 Å². The molecule has 0 atom stereocenters. The molecule has 0 amide bonds. The van der Waals surface area contributed by atoms with E-state index in [-0.39, 0.29) is 12.8 Å². The Bertz CT molecular complexity index is 287. The van der Waals surface area contributed by atoms with Crippen molar-refractivity contribution in [2.75, 3.05) is 39.3 Å². The summed E-state index contributed by atoms with van der Waals surface area (Å²) in [6.07, 6.45) is 5.82. The lowest BCUT2D eigenvalue weighted by atomic mass is 10.1. The Labute approximate surface area is 174 Å². The number of hydrogen-bond donors (Lipinski definition) is 2. The Hall–Kier alpha value is -1.14. The van der Waals surface area contributed by atoms with E-state index >= 15 is 0 Å². The minimum absolute atomic E-state index is 0.245. The Kier molecular flexibility index (Phi) is 29.1. The molecule has 0 saturated carbocycles. The van der Waals surface area contributed by atoms with E-state index in [1.54, 1.807) is 0 Å². The molecule has 6 nitrogen and oxygen atoms in total. The lowest BCUT2D eigenvalue weighted by molar-refractivity contribution is -0.138. The lowest BCUT2D eigenvalue weighted by Gasteiger charge is -2.13. The monoisotopic (exact) mass is 404 g/mol. The summed E-state index contributed by atoms with van der Waals surface area (Å²) in [5.74, 6) is -1.48. The zero-order valence-corrected chi connectivity index (χ0v) is 19.5. The van der Waals surface area contributed by atoms with Gasteiger partial charge >= 0.3 is 11.9 Å². The van der Waals surface area contributed by atoms with Crippen molar-refractivity contribution < 1.29 is 19.8 Å². The van der Waals surface area contributed by atoms with E-state index in [1.165, 1.54) is 39.3 Å². The van der Waals surface area contributed by atoms with Crippen LogP contribution in [0.4, 0.5) is 0 Å². The van der Waals surface area contributed by atoms with Crippen LogP contribution >= 0.6 is 0 Å². The van der Waals surface area contributed by atoms with Gasteiger partial charge in [0.05, 0.1) is 0 Å². The molecule has 0 saturated heterocycles. The molecular weight excluding hydrogens is 356 g/mol. The summed E-state index contributed by atoms with van der Waals surface area (Å²) in [5, 5.41) is 16.7. The quantitative estimate of drug-likeness (QED) is 0.375. The Morgan fingerprint density at radius 1 is 0.500 bits per heavy atom. The highest BCUT2D eigenvalue weighted by atomic mass is 16.4. The van der Waals surface area contributed by atoms with Crippen LogP contribution in [0.15, 0.2) is 0 Å². The molecule has 0 aromatic rings. The van der Waals surface area contributed by atoms with E-state index in [2.05, 4.69) is 51.3 Å². The second-order valence-corrected chi connectivity index (χ2v) is 6.65. The molecule has 0 aromatic carbocycles. The Balaban J connectivity index is -0.000000375. The largest absolute Gasteiger partial charge is 0.481 e. The molecule has 0 rings (SSSR count). The average Bonchev–Trinajstić information content (AvgIpc) is 2.67. The summed E-state index contributed by atoms with van der Waals surface area (Å²) < 4.78 is 0. The third kappa shape index (κ3) is 29.6. The van der Waals surface area contributed by atoms with Gasteiger partial charge in [-0.15, -0.1) is 0 Å². The van der Waals surface area contributed by atoms with E-state index in [0.717, 1.165) is 38.5 Å². The predicted molar refractivity (Wildman–Crippen MR) is 119 cm³/mol. The molecule has 0 bridgehead atoms. The summed E-state index contributed by atoms with van der Waals surface area (Å²) in [7, 11) is 0. The third-order valence-corrected chi connectivity index (χ3v) is 4.71. The first kappa shape index (κ1) is 31.6. The van der Waals surface area contributed by atoms with Crippen molar-refractivity contribution in [1.29, 1.82) is 0 Å². The second kappa shape index (κ2) is 25.9. The van der Waals surface area contributed by atoms with Crippen LogP contribution in [0, 0.1) is 0 Å². The first-order valence-corrected chi connectivity index (χ1v) is 11.2. The van der Waals surface area contributed by atoms with Gasteiger partial charge in [-0.25, -0.2) is 0 Å². The van der Waals surface area contributed by atoms with Gasteiger partial charge in [-0.1, -0.05) is 67.2 Å². The van der Waals surface area contributed by atoms with Crippen LogP contribution in [-0.2, 0) is 9.59 Å². The van der Waals surface area contributed by atoms with Crippen molar-refractivity contribution in [3.8, 4) is 0 Å². The molecule has 0 aromatic heterocycles. The summed E-state index contributed by atoms with van der Waals surface area (Å²) >= 11 is 0. The highest BCUT2D eigenvalue weighted by molar-refractivity contribution is 5.66. The SMILES string of the molecule is CCN(CC)CC.CCN(CC)CC.O=C(O)CCCCCCCCC(=O)O. The van der Waals surface area contributed by atoms with Gasteiger partial charge in [0, 0.05) is 12.8 Å². The molecule has 0 spiro atoms. The maximum absolute atomic E-state index is 10.1. The molecule has 0 fully saturated rings. The van der Waals surface area contributed by atoms with E-state index in [9.17, 15) is 9.59 Å². The predicted octanol–water partition coefficient (Wildman–Crippen LogP) is 4.97. The minimum atomic E-state index is -0.740. The minimum Gasteiger partial charge on any atom is -0.481 e. The molecule has 0 unspecified atom stereocenters. The summed E-state index contributed by atoms with van der Waals surface area (Å²) in [6, 6.07) is 0. The number of carbonyl (C=O) groups is 2. The third-order valence-electron chi connectivity index (χ3n) is 4.71. The molecule has 170 valence electrons. The fourth-order valence-electron chi connectivity index (χ4n) is 2.60. The molecule has 0 radical (unpaired) electrons. The van der Waals surface area contributed by atoms with Crippen molar-refractivity contribution in [1.82, 2.24) is 9.80 Å². The van der Waals surface area contributed by atoms with Crippen LogP contribution in [-0.4, -0.2) is 71.2 Å². The van der Waals surface area contributed by atoms with Gasteiger partial charge in [-0.05, 0) is 52.1 Å². The molecule has 0 aliphatic carbocycles. The molecule has 2 N–H and O–H groups in total. The standard InChI is InChI=1S/C10H18O4.2C6H15N/c11-9(12)7-5-3-1-2-4-6-8-10(13)14;2*1-4-7(5-2)6-3/h1-8H2,(H,11,12)(H,13,14);2*4-6H2,1-3H3.